The molecule has 2 heterocycles. The summed E-state index contributed by atoms with van der Waals surface area (Å²) in [5.41, 5.74) is 1.49. The van der Waals surface area contributed by atoms with E-state index in [4.69, 9.17) is 5.11 Å². The molecule has 0 saturated heterocycles. The van der Waals surface area contributed by atoms with Crippen LogP contribution in [0.15, 0.2) is 12.1 Å². The van der Waals surface area contributed by atoms with Crippen molar-refractivity contribution >= 4 is 17.4 Å². The van der Waals surface area contributed by atoms with Crippen molar-refractivity contribution in [1.82, 2.24) is 14.6 Å². The zero-order valence-electron chi connectivity index (χ0n) is 9.77. The highest BCUT2D eigenvalue weighted by Gasteiger charge is 2.12. The Bertz CT molecular complexity index is 562. The molecule has 0 fully saturated rings. The van der Waals surface area contributed by atoms with Crippen molar-refractivity contribution in [2.75, 3.05) is 12.4 Å². The maximum Gasteiger partial charge on any atom is 0.356 e. The van der Waals surface area contributed by atoms with Gasteiger partial charge in [-0.15, -0.1) is 0 Å². The Morgan fingerprint density at radius 1 is 1.53 bits per heavy atom. The number of carboxylic acid groups (broad SMARTS) is 1. The molecule has 2 N–H and O–H groups in total. The Hall–Kier alpha value is -2.11. The summed E-state index contributed by atoms with van der Waals surface area (Å²) in [6, 6.07) is 3.36. The zero-order chi connectivity index (χ0) is 12.4. The van der Waals surface area contributed by atoms with Gasteiger partial charge in [-0.05, 0) is 6.42 Å². The molecule has 0 unspecified atom stereocenters. The van der Waals surface area contributed by atoms with Crippen molar-refractivity contribution in [2.24, 2.45) is 0 Å². The van der Waals surface area contributed by atoms with Crippen molar-refractivity contribution in [2.45, 2.75) is 19.8 Å². The van der Waals surface area contributed by atoms with E-state index in [9.17, 15) is 4.79 Å². The largest absolute Gasteiger partial charge is 0.476 e. The molecule has 2 rings (SSSR count). The van der Waals surface area contributed by atoms with Crippen LogP contribution < -0.4 is 5.32 Å². The van der Waals surface area contributed by atoms with Gasteiger partial charge in [0.1, 0.15) is 5.82 Å². The molecule has 0 aliphatic heterocycles. The van der Waals surface area contributed by atoms with E-state index in [1.807, 2.05) is 6.07 Å². The molecule has 6 nitrogen and oxygen atoms in total. The van der Waals surface area contributed by atoms with E-state index in [0.717, 1.165) is 24.4 Å². The monoisotopic (exact) mass is 234 g/mol. The minimum Gasteiger partial charge on any atom is -0.476 e. The highest BCUT2D eigenvalue weighted by Crippen LogP contribution is 2.14. The van der Waals surface area contributed by atoms with Gasteiger partial charge in [0, 0.05) is 24.9 Å². The topological polar surface area (TPSA) is 79.5 Å². The molecule has 17 heavy (non-hydrogen) atoms. The van der Waals surface area contributed by atoms with E-state index in [0.29, 0.717) is 5.65 Å². The molecule has 2 aromatic rings. The van der Waals surface area contributed by atoms with Crippen molar-refractivity contribution in [3.05, 3.63) is 23.5 Å². The lowest BCUT2D eigenvalue weighted by Gasteiger charge is -2.06. The molecule has 6 heteroatoms. The van der Waals surface area contributed by atoms with Gasteiger partial charge in [-0.25, -0.2) is 9.78 Å². The number of nitrogens with zero attached hydrogens (tertiary/aromatic N) is 3. The molecule has 0 aliphatic rings. The highest BCUT2D eigenvalue weighted by atomic mass is 16.4. The van der Waals surface area contributed by atoms with Gasteiger partial charge in [0.2, 0.25) is 0 Å². The standard InChI is InChI=1S/C11H14N4O2/c1-3-4-7-5-9(12-2)15-10(13-7)6-8(14-15)11(16)17/h5-6,12H,3-4H2,1-2H3,(H,16,17). The van der Waals surface area contributed by atoms with Crippen LogP contribution in [-0.4, -0.2) is 32.7 Å². The third-order valence-corrected chi connectivity index (χ3v) is 2.46. The number of carbonyl (C=O) groups is 1. The summed E-state index contributed by atoms with van der Waals surface area (Å²) in [7, 11) is 1.77. The second kappa shape index (κ2) is 4.40. The molecule has 0 atom stereocenters. The lowest BCUT2D eigenvalue weighted by Crippen LogP contribution is -2.04. The summed E-state index contributed by atoms with van der Waals surface area (Å²) in [6.45, 7) is 2.07. The van der Waals surface area contributed by atoms with Crippen LogP contribution in [0.25, 0.3) is 5.65 Å². The highest BCUT2D eigenvalue weighted by molar-refractivity contribution is 5.86. The fourth-order valence-corrected chi connectivity index (χ4v) is 1.69. The summed E-state index contributed by atoms with van der Waals surface area (Å²) in [4.78, 5) is 15.2. The third kappa shape index (κ3) is 2.06. The predicted octanol–water partition coefficient (Wildman–Crippen LogP) is 1.42. The first-order chi connectivity index (χ1) is 8.15. The molecule has 0 amide bonds. The van der Waals surface area contributed by atoms with Gasteiger partial charge in [0.05, 0.1) is 0 Å². The Labute approximate surface area is 98.3 Å². The number of rotatable bonds is 4. The molecule has 0 aliphatic carbocycles. The van der Waals surface area contributed by atoms with Crippen LogP contribution in [0.3, 0.4) is 0 Å². The van der Waals surface area contributed by atoms with Crippen molar-refractivity contribution in [1.29, 1.82) is 0 Å². The number of hydrogen-bond acceptors (Lipinski definition) is 4. The van der Waals surface area contributed by atoms with Crippen LogP contribution in [0.2, 0.25) is 0 Å². The Kier molecular flexibility index (Phi) is 2.95. The molecule has 0 bridgehead atoms. The number of carboxylic acids is 1. The number of fused-ring (bicyclic) bond motifs is 1. The molecule has 0 aromatic carbocycles. The minimum absolute atomic E-state index is 0.00245. The van der Waals surface area contributed by atoms with Gasteiger partial charge < -0.3 is 10.4 Å². The maximum atomic E-state index is 10.9. The van der Waals surface area contributed by atoms with Gasteiger partial charge in [-0.3, -0.25) is 0 Å². The Morgan fingerprint density at radius 3 is 2.88 bits per heavy atom. The summed E-state index contributed by atoms with van der Waals surface area (Å²) in [5, 5.41) is 15.9. The van der Waals surface area contributed by atoms with Crippen LogP contribution in [0.4, 0.5) is 5.82 Å². The second-order valence-corrected chi connectivity index (χ2v) is 3.74. The Morgan fingerprint density at radius 2 is 2.29 bits per heavy atom. The van der Waals surface area contributed by atoms with Gasteiger partial charge in [-0.2, -0.15) is 9.61 Å². The quantitative estimate of drug-likeness (QED) is 0.836. The summed E-state index contributed by atoms with van der Waals surface area (Å²) >= 11 is 0. The van der Waals surface area contributed by atoms with Crippen molar-refractivity contribution < 1.29 is 9.90 Å². The van der Waals surface area contributed by atoms with E-state index in [2.05, 4.69) is 22.3 Å². The normalized spacial score (nSPS) is 10.7. The first-order valence-corrected chi connectivity index (χ1v) is 5.46. The summed E-state index contributed by atoms with van der Waals surface area (Å²) < 4.78 is 1.50. The minimum atomic E-state index is -1.05. The van der Waals surface area contributed by atoms with Gasteiger partial charge in [-0.1, -0.05) is 13.3 Å². The summed E-state index contributed by atoms with van der Waals surface area (Å²) in [5.74, 6) is -0.305. The SMILES string of the molecule is CCCc1cc(NC)n2nc(C(=O)O)cc2n1. The molecule has 2 aromatic heterocycles. The number of hydrogen-bond donors (Lipinski definition) is 2. The van der Waals surface area contributed by atoms with Crippen LogP contribution in [0, 0.1) is 0 Å². The van der Waals surface area contributed by atoms with Crippen LogP contribution in [-0.2, 0) is 6.42 Å². The van der Waals surface area contributed by atoms with E-state index < -0.39 is 5.97 Å². The van der Waals surface area contributed by atoms with Crippen LogP contribution >= 0.6 is 0 Å². The fourth-order valence-electron chi connectivity index (χ4n) is 1.69. The van der Waals surface area contributed by atoms with Crippen LogP contribution in [0.1, 0.15) is 29.5 Å². The van der Waals surface area contributed by atoms with E-state index in [-0.39, 0.29) is 5.69 Å². The average molecular weight is 234 g/mol. The van der Waals surface area contributed by atoms with E-state index in [1.54, 1.807) is 7.05 Å². The zero-order valence-corrected chi connectivity index (χ0v) is 9.77. The number of aromatic carboxylic acids is 1. The second-order valence-electron chi connectivity index (χ2n) is 3.74. The molecule has 0 spiro atoms. The first-order valence-electron chi connectivity index (χ1n) is 5.46. The lowest BCUT2D eigenvalue weighted by molar-refractivity contribution is 0.0690. The molecular formula is C11H14N4O2. The van der Waals surface area contributed by atoms with E-state index >= 15 is 0 Å². The van der Waals surface area contributed by atoms with Crippen LogP contribution in [0.5, 0.6) is 0 Å². The molecule has 0 saturated carbocycles. The smallest absolute Gasteiger partial charge is 0.356 e. The molecule has 0 radical (unpaired) electrons. The molecule has 90 valence electrons. The van der Waals surface area contributed by atoms with Gasteiger partial charge in [0.25, 0.3) is 0 Å². The van der Waals surface area contributed by atoms with E-state index in [1.165, 1.54) is 10.6 Å². The predicted molar refractivity (Wildman–Crippen MR) is 63.5 cm³/mol. The first kappa shape index (κ1) is 11.4. The third-order valence-electron chi connectivity index (χ3n) is 2.46. The molecular weight excluding hydrogens is 220 g/mol. The Balaban J connectivity index is 2.60. The lowest BCUT2D eigenvalue weighted by atomic mass is 10.2. The van der Waals surface area contributed by atoms with Gasteiger partial charge in [0.15, 0.2) is 11.3 Å². The number of aromatic nitrogens is 3. The maximum absolute atomic E-state index is 10.9. The summed E-state index contributed by atoms with van der Waals surface area (Å²) in [6.07, 6.45) is 1.85. The van der Waals surface area contributed by atoms with Gasteiger partial charge >= 0.3 is 5.97 Å². The number of anilines is 1. The fraction of sp³-hybridized carbons (Fsp3) is 0.364. The van der Waals surface area contributed by atoms with Crippen molar-refractivity contribution in [3.8, 4) is 0 Å². The van der Waals surface area contributed by atoms with Crippen molar-refractivity contribution in [3.63, 3.8) is 0 Å². The average Bonchev–Trinajstić information content (AvgIpc) is 2.72. The number of aryl methyl sites for hydroxylation is 1. The number of nitrogens with one attached hydrogen (secondary N) is 1.